The van der Waals surface area contributed by atoms with E-state index in [0.29, 0.717) is 28.9 Å². The van der Waals surface area contributed by atoms with Gasteiger partial charge in [0.15, 0.2) is 5.69 Å². The molecule has 6 nitrogen and oxygen atoms in total. The number of amides is 1. The fraction of sp³-hybridized carbons (Fsp3) is 0.353. The van der Waals surface area contributed by atoms with E-state index in [4.69, 9.17) is 5.11 Å². The molecular weight excluding hydrogens is 351 g/mol. The molecule has 1 saturated carbocycles. The van der Waals surface area contributed by atoms with E-state index in [2.05, 4.69) is 10.4 Å². The topological polar surface area (TPSA) is 84.2 Å². The van der Waals surface area contributed by atoms with Gasteiger partial charge in [-0.05, 0) is 36.6 Å². The Labute approximate surface area is 146 Å². The van der Waals surface area contributed by atoms with Crippen LogP contribution in [0.3, 0.4) is 0 Å². The fourth-order valence-electron chi connectivity index (χ4n) is 2.63. The number of carbonyl (C=O) groups excluding carboxylic acids is 1. The molecule has 1 aliphatic carbocycles. The number of nitrogens with one attached hydrogen (secondary N) is 1. The van der Waals surface area contributed by atoms with E-state index in [0.717, 1.165) is 6.42 Å². The molecule has 1 aliphatic rings. The maximum Gasteiger partial charge on any atom is 0.434 e. The zero-order valence-corrected chi connectivity index (χ0v) is 13.6. The van der Waals surface area contributed by atoms with Crippen molar-refractivity contribution in [2.24, 2.45) is 5.92 Å². The van der Waals surface area contributed by atoms with E-state index in [1.54, 1.807) is 0 Å². The smallest absolute Gasteiger partial charge is 0.434 e. The number of rotatable bonds is 6. The lowest BCUT2D eigenvalue weighted by atomic mass is 10.1. The summed E-state index contributed by atoms with van der Waals surface area (Å²) >= 11 is 0. The van der Waals surface area contributed by atoms with Crippen molar-refractivity contribution in [2.75, 3.05) is 6.54 Å². The molecule has 0 radical (unpaired) electrons. The number of aromatic nitrogens is 2. The number of carboxylic acid groups (broad SMARTS) is 1. The van der Waals surface area contributed by atoms with Gasteiger partial charge in [0.2, 0.25) is 0 Å². The first-order valence-electron chi connectivity index (χ1n) is 8.04. The lowest BCUT2D eigenvalue weighted by Crippen LogP contribution is -2.24. The quantitative estimate of drug-likeness (QED) is 0.822. The number of aromatic carboxylic acids is 1. The number of carbonyl (C=O) groups is 2. The molecule has 3 rings (SSSR count). The van der Waals surface area contributed by atoms with Crippen molar-refractivity contribution < 1.29 is 27.9 Å². The van der Waals surface area contributed by atoms with Crippen LogP contribution in [0.2, 0.25) is 0 Å². The minimum atomic E-state index is -4.89. The van der Waals surface area contributed by atoms with Crippen molar-refractivity contribution in [2.45, 2.75) is 25.4 Å². The number of carboxylic acids is 1. The number of benzene rings is 1. The largest absolute Gasteiger partial charge is 0.478 e. The second kappa shape index (κ2) is 6.81. The predicted octanol–water partition coefficient (Wildman–Crippen LogP) is 3.12. The highest BCUT2D eigenvalue weighted by molar-refractivity contribution is 5.94. The van der Waals surface area contributed by atoms with Crippen LogP contribution in [0.15, 0.2) is 30.5 Å². The standard InChI is InChI=1S/C17H16F3N3O3/c18-17(19,20)14-13(16(25)26)9-22-23(14)12-5-3-11(4-6-12)15(24)21-8-7-10-1-2-10/h3-6,9-10H,1-2,7-8H2,(H,21,24)(H,25,26). The van der Waals surface area contributed by atoms with Gasteiger partial charge in [0.05, 0.1) is 11.9 Å². The first kappa shape index (κ1) is 18.0. The molecule has 9 heteroatoms. The Balaban J connectivity index is 1.80. The lowest BCUT2D eigenvalue weighted by molar-refractivity contribution is -0.143. The number of hydrogen-bond acceptors (Lipinski definition) is 3. The van der Waals surface area contributed by atoms with Crippen LogP contribution in [-0.2, 0) is 6.18 Å². The first-order valence-corrected chi connectivity index (χ1v) is 8.04. The van der Waals surface area contributed by atoms with Gasteiger partial charge in [-0.1, -0.05) is 12.8 Å². The SMILES string of the molecule is O=C(NCCC1CC1)c1ccc(-n2ncc(C(=O)O)c2C(F)(F)F)cc1. The highest BCUT2D eigenvalue weighted by Crippen LogP contribution is 2.34. The average molecular weight is 367 g/mol. The fourth-order valence-corrected chi connectivity index (χ4v) is 2.63. The van der Waals surface area contributed by atoms with Crippen LogP contribution in [-0.4, -0.2) is 33.3 Å². The number of alkyl halides is 3. The van der Waals surface area contributed by atoms with Crippen LogP contribution in [0, 0.1) is 5.92 Å². The molecule has 0 bridgehead atoms. The third kappa shape index (κ3) is 3.87. The minimum absolute atomic E-state index is 0.0133. The Morgan fingerprint density at radius 1 is 1.23 bits per heavy atom. The molecule has 138 valence electrons. The van der Waals surface area contributed by atoms with Crippen molar-refractivity contribution in [3.8, 4) is 5.69 Å². The molecule has 1 fully saturated rings. The average Bonchev–Trinajstić information content (AvgIpc) is 3.28. The summed E-state index contributed by atoms with van der Waals surface area (Å²) in [5, 5.41) is 15.2. The predicted molar refractivity (Wildman–Crippen MR) is 85.2 cm³/mol. The molecule has 1 heterocycles. The second-order valence-corrected chi connectivity index (χ2v) is 6.16. The zero-order chi connectivity index (χ0) is 18.9. The van der Waals surface area contributed by atoms with Crippen LogP contribution in [0.25, 0.3) is 5.69 Å². The Hall–Kier alpha value is -2.84. The molecule has 1 aromatic heterocycles. The number of nitrogens with zero attached hydrogens (tertiary/aromatic N) is 2. The number of hydrogen-bond donors (Lipinski definition) is 2. The van der Waals surface area contributed by atoms with Gasteiger partial charge in [-0.15, -0.1) is 0 Å². The summed E-state index contributed by atoms with van der Waals surface area (Å²) in [4.78, 5) is 23.0. The maximum atomic E-state index is 13.2. The normalized spacial score (nSPS) is 14.3. The molecule has 0 unspecified atom stereocenters. The van der Waals surface area contributed by atoms with Crippen LogP contribution in [0.4, 0.5) is 13.2 Å². The minimum Gasteiger partial charge on any atom is -0.478 e. The second-order valence-electron chi connectivity index (χ2n) is 6.16. The Kier molecular flexibility index (Phi) is 4.71. The summed E-state index contributed by atoms with van der Waals surface area (Å²) in [5.74, 6) is -1.34. The monoisotopic (exact) mass is 367 g/mol. The van der Waals surface area contributed by atoms with Crippen molar-refractivity contribution in [3.05, 3.63) is 47.3 Å². The van der Waals surface area contributed by atoms with Crippen molar-refractivity contribution >= 4 is 11.9 Å². The maximum absolute atomic E-state index is 13.2. The summed E-state index contributed by atoms with van der Waals surface area (Å²) in [6, 6.07) is 5.35. The van der Waals surface area contributed by atoms with Gasteiger partial charge < -0.3 is 10.4 Å². The van der Waals surface area contributed by atoms with Crippen molar-refractivity contribution in [1.29, 1.82) is 0 Å². The van der Waals surface area contributed by atoms with Crippen LogP contribution < -0.4 is 5.32 Å². The molecule has 1 aromatic carbocycles. The first-order chi connectivity index (χ1) is 12.3. The highest BCUT2D eigenvalue weighted by atomic mass is 19.4. The molecule has 2 N–H and O–H groups in total. The molecule has 1 amide bonds. The number of halogens is 3. The van der Waals surface area contributed by atoms with Gasteiger partial charge >= 0.3 is 12.1 Å². The van der Waals surface area contributed by atoms with Gasteiger partial charge in [0.25, 0.3) is 5.91 Å². The van der Waals surface area contributed by atoms with E-state index in [9.17, 15) is 22.8 Å². The Morgan fingerprint density at radius 3 is 2.42 bits per heavy atom. The van der Waals surface area contributed by atoms with Crippen LogP contribution in [0.1, 0.15) is 45.7 Å². The van der Waals surface area contributed by atoms with Gasteiger partial charge in [0, 0.05) is 12.1 Å². The lowest BCUT2D eigenvalue weighted by Gasteiger charge is -2.12. The molecule has 26 heavy (non-hydrogen) atoms. The molecule has 0 spiro atoms. The van der Waals surface area contributed by atoms with Gasteiger partial charge in [-0.2, -0.15) is 18.3 Å². The zero-order valence-electron chi connectivity index (χ0n) is 13.6. The summed E-state index contributed by atoms with van der Waals surface area (Å²) in [6.45, 7) is 0.560. The Bertz CT molecular complexity index is 824. The molecular formula is C17H16F3N3O3. The third-order valence-corrected chi connectivity index (χ3v) is 4.18. The van der Waals surface area contributed by atoms with E-state index in [1.807, 2.05) is 0 Å². The van der Waals surface area contributed by atoms with Crippen molar-refractivity contribution in [1.82, 2.24) is 15.1 Å². The summed E-state index contributed by atoms with van der Waals surface area (Å²) in [6.07, 6.45) is -0.931. The third-order valence-electron chi connectivity index (χ3n) is 4.18. The summed E-state index contributed by atoms with van der Waals surface area (Å²) in [5.41, 5.74) is -1.98. The molecule has 0 aliphatic heterocycles. The van der Waals surface area contributed by atoms with E-state index >= 15 is 0 Å². The molecule has 2 aromatic rings. The highest BCUT2D eigenvalue weighted by Gasteiger charge is 2.40. The van der Waals surface area contributed by atoms with Crippen LogP contribution >= 0.6 is 0 Å². The van der Waals surface area contributed by atoms with E-state index in [1.165, 1.54) is 37.1 Å². The van der Waals surface area contributed by atoms with Crippen LogP contribution in [0.5, 0.6) is 0 Å². The summed E-state index contributed by atoms with van der Waals surface area (Å²) < 4.78 is 40.2. The van der Waals surface area contributed by atoms with Gasteiger partial charge in [0.1, 0.15) is 5.56 Å². The van der Waals surface area contributed by atoms with Gasteiger partial charge in [-0.25, -0.2) is 9.48 Å². The summed E-state index contributed by atoms with van der Waals surface area (Å²) in [7, 11) is 0. The van der Waals surface area contributed by atoms with E-state index < -0.39 is 23.4 Å². The van der Waals surface area contributed by atoms with Gasteiger partial charge in [-0.3, -0.25) is 4.79 Å². The van der Waals surface area contributed by atoms with E-state index in [-0.39, 0.29) is 11.6 Å². The molecule has 0 atom stereocenters. The van der Waals surface area contributed by atoms with Crippen molar-refractivity contribution in [3.63, 3.8) is 0 Å². The Morgan fingerprint density at radius 2 is 1.88 bits per heavy atom. The molecule has 0 saturated heterocycles.